The Balaban J connectivity index is 1.45. The number of rotatable bonds is 3. The number of nitrogens with zero attached hydrogens (tertiary/aromatic N) is 4. The van der Waals surface area contributed by atoms with Gasteiger partial charge in [-0.05, 0) is 38.1 Å². The topological polar surface area (TPSA) is 49.3 Å². The molecule has 0 N–H and O–H groups in total. The average molecular weight is 368 g/mol. The number of amides is 1. The molecule has 0 bridgehead atoms. The zero-order valence-electron chi connectivity index (χ0n) is 15.7. The second-order valence-electron chi connectivity index (χ2n) is 7.53. The molecule has 1 atom stereocenters. The SMILES string of the molecule is CN1CCCCC1c1ncc2c(n1)CCN(C(=O)Cc1ccccc1F)C2. The predicted octanol–water partition coefficient (Wildman–Crippen LogP) is 2.90. The highest BCUT2D eigenvalue weighted by molar-refractivity contribution is 5.79. The van der Waals surface area contributed by atoms with Crippen LogP contribution in [0.4, 0.5) is 4.39 Å². The van der Waals surface area contributed by atoms with Gasteiger partial charge in [-0.3, -0.25) is 9.69 Å². The Kier molecular flexibility index (Phi) is 5.16. The lowest BCUT2D eigenvalue weighted by molar-refractivity contribution is -0.131. The second-order valence-corrected chi connectivity index (χ2v) is 7.53. The van der Waals surface area contributed by atoms with Crippen LogP contribution in [0.3, 0.4) is 0 Å². The van der Waals surface area contributed by atoms with Crippen LogP contribution < -0.4 is 0 Å². The van der Waals surface area contributed by atoms with Crippen molar-refractivity contribution >= 4 is 5.91 Å². The number of carbonyl (C=O) groups excluding carboxylic acids is 1. The molecule has 1 unspecified atom stereocenters. The van der Waals surface area contributed by atoms with Crippen LogP contribution in [0.2, 0.25) is 0 Å². The first kappa shape index (κ1) is 18.0. The van der Waals surface area contributed by atoms with Gasteiger partial charge in [0, 0.05) is 31.3 Å². The number of benzene rings is 1. The first-order chi connectivity index (χ1) is 13.1. The van der Waals surface area contributed by atoms with E-state index in [1.807, 2.05) is 6.20 Å². The van der Waals surface area contributed by atoms with Crippen molar-refractivity contribution in [2.24, 2.45) is 0 Å². The van der Waals surface area contributed by atoms with Crippen LogP contribution in [0.5, 0.6) is 0 Å². The van der Waals surface area contributed by atoms with Crippen molar-refractivity contribution in [3.05, 3.63) is 58.9 Å². The van der Waals surface area contributed by atoms with Gasteiger partial charge in [-0.2, -0.15) is 0 Å². The molecule has 27 heavy (non-hydrogen) atoms. The predicted molar refractivity (Wildman–Crippen MR) is 100 cm³/mol. The Labute approximate surface area is 159 Å². The van der Waals surface area contributed by atoms with Crippen LogP contribution in [0.15, 0.2) is 30.5 Å². The van der Waals surface area contributed by atoms with Gasteiger partial charge in [0.25, 0.3) is 0 Å². The van der Waals surface area contributed by atoms with Crippen molar-refractivity contribution in [2.75, 3.05) is 20.1 Å². The molecule has 3 heterocycles. The molecule has 1 fully saturated rings. The summed E-state index contributed by atoms with van der Waals surface area (Å²) in [6.45, 7) is 2.21. The molecule has 0 radical (unpaired) electrons. The third-order valence-electron chi connectivity index (χ3n) is 5.67. The van der Waals surface area contributed by atoms with Crippen molar-refractivity contribution < 1.29 is 9.18 Å². The molecular formula is C21H25FN4O. The van der Waals surface area contributed by atoms with Crippen molar-refractivity contribution in [3.63, 3.8) is 0 Å². The summed E-state index contributed by atoms with van der Waals surface area (Å²) >= 11 is 0. The molecule has 4 rings (SSSR count). The summed E-state index contributed by atoms with van der Waals surface area (Å²) in [6.07, 6.45) is 6.24. The van der Waals surface area contributed by atoms with Crippen LogP contribution in [0.25, 0.3) is 0 Å². The summed E-state index contributed by atoms with van der Waals surface area (Å²) in [5.41, 5.74) is 2.50. The number of halogens is 1. The zero-order chi connectivity index (χ0) is 18.8. The molecule has 5 nitrogen and oxygen atoms in total. The van der Waals surface area contributed by atoms with Gasteiger partial charge in [0.15, 0.2) is 0 Å². The summed E-state index contributed by atoms with van der Waals surface area (Å²) in [5, 5.41) is 0. The summed E-state index contributed by atoms with van der Waals surface area (Å²) in [6, 6.07) is 6.76. The summed E-state index contributed by atoms with van der Waals surface area (Å²) < 4.78 is 13.8. The van der Waals surface area contributed by atoms with Crippen LogP contribution in [-0.2, 0) is 24.2 Å². The summed E-state index contributed by atoms with van der Waals surface area (Å²) in [5.74, 6) is 0.525. The maximum Gasteiger partial charge on any atom is 0.227 e. The number of aromatic nitrogens is 2. The van der Waals surface area contributed by atoms with Crippen molar-refractivity contribution in [1.29, 1.82) is 0 Å². The van der Waals surface area contributed by atoms with E-state index in [9.17, 15) is 9.18 Å². The summed E-state index contributed by atoms with van der Waals surface area (Å²) in [4.78, 5) is 26.1. The van der Waals surface area contributed by atoms with Crippen molar-refractivity contribution in [1.82, 2.24) is 19.8 Å². The van der Waals surface area contributed by atoms with E-state index < -0.39 is 0 Å². The normalized spacial score (nSPS) is 20.4. The molecule has 6 heteroatoms. The largest absolute Gasteiger partial charge is 0.338 e. The van der Waals surface area contributed by atoms with E-state index in [0.717, 1.165) is 36.5 Å². The van der Waals surface area contributed by atoms with E-state index in [2.05, 4.69) is 16.9 Å². The number of piperidine rings is 1. The van der Waals surface area contributed by atoms with Gasteiger partial charge in [0.1, 0.15) is 11.6 Å². The molecule has 0 aliphatic carbocycles. The number of likely N-dealkylation sites (tertiary alicyclic amines) is 1. The molecule has 142 valence electrons. The highest BCUT2D eigenvalue weighted by Gasteiger charge is 2.27. The van der Waals surface area contributed by atoms with E-state index in [-0.39, 0.29) is 18.1 Å². The van der Waals surface area contributed by atoms with Gasteiger partial charge >= 0.3 is 0 Å². The quantitative estimate of drug-likeness (QED) is 0.836. The number of carbonyl (C=O) groups is 1. The minimum atomic E-state index is -0.326. The van der Waals surface area contributed by atoms with Crippen LogP contribution in [-0.4, -0.2) is 45.8 Å². The molecule has 0 saturated carbocycles. The Hall–Kier alpha value is -2.34. The zero-order valence-corrected chi connectivity index (χ0v) is 15.7. The standard InChI is InChI=1S/C21H25FN4O/c1-25-10-5-4-8-19(25)21-23-13-16-14-26(11-9-18(16)24-21)20(27)12-15-6-2-3-7-17(15)22/h2-3,6-7,13,19H,4-5,8-12,14H2,1H3. The van der Waals surface area contributed by atoms with E-state index in [1.54, 1.807) is 23.1 Å². The van der Waals surface area contributed by atoms with E-state index in [1.165, 1.54) is 18.9 Å². The molecule has 0 spiro atoms. The molecule has 1 aromatic carbocycles. The second kappa shape index (κ2) is 7.72. The third kappa shape index (κ3) is 3.86. The van der Waals surface area contributed by atoms with Crippen LogP contribution >= 0.6 is 0 Å². The van der Waals surface area contributed by atoms with E-state index in [4.69, 9.17) is 4.98 Å². The fourth-order valence-corrected chi connectivity index (χ4v) is 4.02. The van der Waals surface area contributed by atoms with Crippen LogP contribution in [0.1, 0.15) is 47.9 Å². The molecular weight excluding hydrogens is 343 g/mol. The van der Waals surface area contributed by atoms with Gasteiger partial charge in [0.2, 0.25) is 5.91 Å². The van der Waals surface area contributed by atoms with Gasteiger partial charge in [-0.1, -0.05) is 24.6 Å². The molecule has 1 aromatic heterocycles. The van der Waals surface area contributed by atoms with E-state index in [0.29, 0.717) is 24.7 Å². The first-order valence-electron chi connectivity index (χ1n) is 9.68. The highest BCUT2D eigenvalue weighted by Crippen LogP contribution is 2.28. The Morgan fingerprint density at radius 1 is 1.26 bits per heavy atom. The lowest BCUT2D eigenvalue weighted by atomic mass is 10.0. The molecule has 2 aliphatic rings. The Morgan fingerprint density at radius 2 is 2.11 bits per heavy atom. The Bertz CT molecular complexity index is 841. The molecule has 2 aromatic rings. The lowest BCUT2D eigenvalue weighted by Crippen LogP contribution is -2.38. The van der Waals surface area contributed by atoms with Gasteiger partial charge in [-0.25, -0.2) is 14.4 Å². The Morgan fingerprint density at radius 3 is 2.93 bits per heavy atom. The van der Waals surface area contributed by atoms with Gasteiger partial charge in [0.05, 0.1) is 18.2 Å². The third-order valence-corrected chi connectivity index (χ3v) is 5.67. The van der Waals surface area contributed by atoms with Crippen molar-refractivity contribution in [2.45, 2.75) is 44.7 Å². The smallest absolute Gasteiger partial charge is 0.227 e. The van der Waals surface area contributed by atoms with E-state index >= 15 is 0 Å². The number of fused-ring (bicyclic) bond motifs is 1. The number of hydrogen-bond acceptors (Lipinski definition) is 4. The first-order valence-corrected chi connectivity index (χ1v) is 9.68. The lowest BCUT2D eigenvalue weighted by Gasteiger charge is -2.33. The fraction of sp³-hybridized carbons (Fsp3) is 0.476. The molecule has 2 aliphatic heterocycles. The maximum absolute atomic E-state index is 13.8. The molecule has 1 amide bonds. The number of hydrogen-bond donors (Lipinski definition) is 0. The fourth-order valence-electron chi connectivity index (χ4n) is 4.02. The van der Waals surface area contributed by atoms with Crippen molar-refractivity contribution in [3.8, 4) is 0 Å². The van der Waals surface area contributed by atoms with Gasteiger partial charge in [-0.15, -0.1) is 0 Å². The average Bonchev–Trinajstić information content (AvgIpc) is 2.69. The summed E-state index contributed by atoms with van der Waals surface area (Å²) in [7, 11) is 2.13. The minimum Gasteiger partial charge on any atom is -0.338 e. The monoisotopic (exact) mass is 368 g/mol. The van der Waals surface area contributed by atoms with Gasteiger partial charge < -0.3 is 4.90 Å². The molecule has 1 saturated heterocycles. The van der Waals surface area contributed by atoms with Crippen LogP contribution in [0, 0.1) is 5.82 Å². The maximum atomic E-state index is 13.8. The minimum absolute atomic E-state index is 0.0539. The highest BCUT2D eigenvalue weighted by atomic mass is 19.1.